The Labute approximate surface area is 223 Å². The summed E-state index contributed by atoms with van der Waals surface area (Å²) < 4.78 is 10.8. The summed E-state index contributed by atoms with van der Waals surface area (Å²) in [5, 5.41) is 15.0. The number of ether oxygens (including phenoxy) is 2. The number of esters is 1. The van der Waals surface area contributed by atoms with Crippen LogP contribution in [0.4, 0.5) is 4.79 Å². The molecular formula is C30H34N2O6. The van der Waals surface area contributed by atoms with Crippen LogP contribution in [0.25, 0.3) is 0 Å². The first kappa shape index (κ1) is 28.2. The topological polar surface area (TPSA) is 114 Å². The fourth-order valence-corrected chi connectivity index (χ4v) is 3.75. The number of nitrogens with one attached hydrogen (secondary N) is 2. The summed E-state index contributed by atoms with van der Waals surface area (Å²) >= 11 is 0. The number of benzene rings is 3. The zero-order valence-electron chi connectivity index (χ0n) is 21.6. The van der Waals surface area contributed by atoms with Gasteiger partial charge in [-0.15, -0.1) is 0 Å². The molecule has 3 N–H and O–H groups in total. The van der Waals surface area contributed by atoms with Gasteiger partial charge in [0.25, 0.3) is 0 Å². The Kier molecular flexibility index (Phi) is 10.7. The van der Waals surface area contributed by atoms with Crippen molar-refractivity contribution in [2.45, 2.75) is 52.0 Å². The van der Waals surface area contributed by atoms with Gasteiger partial charge in [-0.05, 0) is 34.7 Å². The molecule has 0 aliphatic heterocycles. The predicted octanol–water partition coefficient (Wildman–Crippen LogP) is 4.50. The predicted molar refractivity (Wildman–Crippen MR) is 143 cm³/mol. The number of hydrogen-bond acceptors (Lipinski definition) is 6. The molecule has 0 aromatic heterocycles. The third kappa shape index (κ3) is 8.96. The molecule has 0 unspecified atom stereocenters. The number of carbonyl (C=O) groups is 3. The summed E-state index contributed by atoms with van der Waals surface area (Å²) in [4.78, 5) is 39.0. The molecule has 0 bridgehead atoms. The smallest absolute Gasteiger partial charge is 0.408 e. The van der Waals surface area contributed by atoms with Gasteiger partial charge in [0.05, 0.1) is 0 Å². The van der Waals surface area contributed by atoms with Crippen molar-refractivity contribution >= 4 is 18.0 Å². The van der Waals surface area contributed by atoms with Gasteiger partial charge < -0.3 is 25.2 Å². The summed E-state index contributed by atoms with van der Waals surface area (Å²) in [6, 6.07) is 22.9. The van der Waals surface area contributed by atoms with Crippen molar-refractivity contribution in [1.29, 1.82) is 0 Å². The molecule has 0 heterocycles. The minimum Gasteiger partial charge on any atom is -0.508 e. The Balaban J connectivity index is 1.69. The van der Waals surface area contributed by atoms with Crippen molar-refractivity contribution in [2.75, 3.05) is 0 Å². The van der Waals surface area contributed by atoms with Crippen LogP contribution in [0.15, 0.2) is 84.9 Å². The van der Waals surface area contributed by atoms with Crippen LogP contribution in [0.2, 0.25) is 0 Å². The zero-order valence-corrected chi connectivity index (χ0v) is 21.6. The third-order valence-electron chi connectivity index (χ3n) is 6.18. The van der Waals surface area contributed by atoms with E-state index in [9.17, 15) is 19.5 Å². The van der Waals surface area contributed by atoms with Gasteiger partial charge in [0, 0.05) is 6.42 Å². The Hall–Kier alpha value is -4.33. The molecular weight excluding hydrogens is 484 g/mol. The highest BCUT2D eigenvalue weighted by Crippen LogP contribution is 2.14. The van der Waals surface area contributed by atoms with Crippen LogP contribution in [0.3, 0.4) is 0 Å². The minimum absolute atomic E-state index is 0.0560. The minimum atomic E-state index is -1.01. The van der Waals surface area contributed by atoms with Gasteiger partial charge in [0.15, 0.2) is 0 Å². The third-order valence-corrected chi connectivity index (χ3v) is 6.18. The number of rotatable bonds is 12. The zero-order chi connectivity index (χ0) is 27.3. The standard InChI is InChI=1S/C30H34N2O6/c1-3-21(2)27(32-30(36)38-20-24-12-8-5-9-13-24)28(34)31-26(18-22-14-16-25(33)17-15-22)29(35)37-19-23-10-6-4-7-11-23/h4-17,21,26-27,33H,3,18-20H2,1-2H3,(H,31,34)(H,32,36)/t21-,26+,27-/m1/s1. The van der Waals surface area contributed by atoms with E-state index in [-0.39, 0.29) is 31.3 Å². The van der Waals surface area contributed by atoms with Crippen LogP contribution in [0, 0.1) is 5.92 Å². The van der Waals surface area contributed by atoms with E-state index in [0.717, 1.165) is 16.7 Å². The number of amides is 2. The van der Waals surface area contributed by atoms with Gasteiger partial charge in [0.2, 0.25) is 5.91 Å². The van der Waals surface area contributed by atoms with Crippen molar-refractivity contribution in [3.8, 4) is 5.75 Å². The Morgan fingerprint density at radius 3 is 1.87 bits per heavy atom. The van der Waals surface area contributed by atoms with E-state index < -0.39 is 30.1 Å². The number of phenolic OH excluding ortho intramolecular Hbond substituents is 1. The van der Waals surface area contributed by atoms with Gasteiger partial charge in [-0.1, -0.05) is 93.1 Å². The Morgan fingerprint density at radius 1 is 0.763 bits per heavy atom. The van der Waals surface area contributed by atoms with E-state index in [1.165, 1.54) is 12.1 Å². The molecule has 0 aliphatic rings. The molecule has 2 amide bonds. The lowest BCUT2D eigenvalue weighted by Crippen LogP contribution is -2.54. The van der Waals surface area contributed by atoms with Crippen molar-refractivity contribution in [1.82, 2.24) is 10.6 Å². The Bertz CT molecular complexity index is 1170. The molecule has 8 nitrogen and oxygen atoms in total. The highest BCUT2D eigenvalue weighted by Gasteiger charge is 2.31. The van der Waals surface area contributed by atoms with Crippen molar-refractivity contribution in [2.24, 2.45) is 5.92 Å². The van der Waals surface area contributed by atoms with Crippen LogP contribution in [0.1, 0.15) is 37.0 Å². The number of carbonyl (C=O) groups excluding carboxylic acids is 3. The Morgan fingerprint density at radius 2 is 1.32 bits per heavy atom. The molecule has 38 heavy (non-hydrogen) atoms. The van der Waals surface area contributed by atoms with Gasteiger partial charge in [-0.2, -0.15) is 0 Å². The van der Waals surface area contributed by atoms with Crippen molar-refractivity contribution in [3.63, 3.8) is 0 Å². The number of alkyl carbamates (subject to hydrolysis) is 1. The quantitative estimate of drug-likeness (QED) is 0.304. The van der Waals surface area contributed by atoms with E-state index in [1.54, 1.807) is 12.1 Å². The average Bonchev–Trinajstić information content (AvgIpc) is 2.95. The van der Waals surface area contributed by atoms with Gasteiger partial charge in [-0.3, -0.25) is 4.79 Å². The normalized spacial score (nSPS) is 13.0. The second kappa shape index (κ2) is 14.4. The number of aromatic hydroxyl groups is 1. The molecule has 3 rings (SSSR count). The fraction of sp³-hybridized carbons (Fsp3) is 0.300. The fourth-order valence-electron chi connectivity index (χ4n) is 3.75. The summed E-state index contributed by atoms with van der Waals surface area (Å²) in [5.74, 6) is -1.26. The van der Waals surface area contributed by atoms with Crippen LogP contribution >= 0.6 is 0 Å². The maximum atomic E-state index is 13.4. The van der Waals surface area contributed by atoms with Crippen LogP contribution in [-0.2, 0) is 38.7 Å². The molecule has 0 saturated heterocycles. The second-order valence-corrected chi connectivity index (χ2v) is 9.09. The lowest BCUT2D eigenvalue weighted by molar-refractivity contribution is -0.149. The largest absolute Gasteiger partial charge is 0.508 e. The lowest BCUT2D eigenvalue weighted by atomic mass is 9.97. The molecule has 3 aromatic rings. The summed E-state index contributed by atoms with van der Waals surface area (Å²) in [7, 11) is 0. The van der Waals surface area contributed by atoms with E-state index in [0.29, 0.717) is 6.42 Å². The maximum Gasteiger partial charge on any atom is 0.408 e. The van der Waals surface area contributed by atoms with E-state index in [2.05, 4.69) is 10.6 Å². The van der Waals surface area contributed by atoms with E-state index >= 15 is 0 Å². The van der Waals surface area contributed by atoms with Crippen LogP contribution in [-0.4, -0.2) is 35.2 Å². The van der Waals surface area contributed by atoms with Gasteiger partial charge in [0.1, 0.15) is 31.0 Å². The first-order chi connectivity index (χ1) is 18.4. The highest BCUT2D eigenvalue weighted by atomic mass is 16.5. The monoisotopic (exact) mass is 518 g/mol. The van der Waals surface area contributed by atoms with Gasteiger partial charge in [-0.25, -0.2) is 9.59 Å². The molecule has 3 atom stereocenters. The summed E-state index contributed by atoms with van der Waals surface area (Å²) in [6.07, 6.45) is 0.0275. The van der Waals surface area contributed by atoms with E-state index in [4.69, 9.17) is 9.47 Å². The summed E-state index contributed by atoms with van der Waals surface area (Å²) in [5.41, 5.74) is 2.36. The molecule has 8 heteroatoms. The molecule has 0 aliphatic carbocycles. The second-order valence-electron chi connectivity index (χ2n) is 9.09. The SMILES string of the molecule is CC[C@@H](C)[C@@H](NC(=O)OCc1ccccc1)C(=O)N[C@@H](Cc1ccc(O)cc1)C(=O)OCc1ccccc1. The maximum absolute atomic E-state index is 13.4. The molecule has 0 saturated carbocycles. The molecule has 200 valence electrons. The number of hydrogen-bond donors (Lipinski definition) is 3. The van der Waals surface area contributed by atoms with Gasteiger partial charge >= 0.3 is 12.1 Å². The molecule has 0 fully saturated rings. The van der Waals surface area contributed by atoms with Crippen LogP contribution < -0.4 is 10.6 Å². The average molecular weight is 519 g/mol. The van der Waals surface area contributed by atoms with Crippen molar-refractivity contribution in [3.05, 3.63) is 102 Å². The van der Waals surface area contributed by atoms with Crippen molar-refractivity contribution < 1.29 is 29.0 Å². The highest BCUT2D eigenvalue weighted by molar-refractivity contribution is 5.90. The first-order valence-electron chi connectivity index (χ1n) is 12.6. The molecule has 0 spiro atoms. The lowest BCUT2D eigenvalue weighted by Gasteiger charge is -2.26. The molecule has 0 radical (unpaired) electrons. The first-order valence-corrected chi connectivity index (χ1v) is 12.6. The number of phenols is 1. The summed E-state index contributed by atoms with van der Waals surface area (Å²) in [6.45, 7) is 3.87. The van der Waals surface area contributed by atoms with E-state index in [1.807, 2.05) is 74.5 Å². The van der Waals surface area contributed by atoms with Crippen LogP contribution in [0.5, 0.6) is 5.75 Å². The molecule has 3 aromatic carbocycles.